The van der Waals surface area contributed by atoms with Gasteiger partial charge in [0.2, 0.25) is 5.91 Å². The van der Waals surface area contributed by atoms with Gasteiger partial charge in [0.25, 0.3) is 0 Å². The van der Waals surface area contributed by atoms with Crippen LogP contribution in [0.1, 0.15) is 32.6 Å². The van der Waals surface area contributed by atoms with Crippen molar-refractivity contribution in [3.63, 3.8) is 0 Å². The van der Waals surface area contributed by atoms with Crippen molar-refractivity contribution in [2.75, 3.05) is 26.3 Å². The van der Waals surface area contributed by atoms with Gasteiger partial charge in [0, 0.05) is 18.6 Å². The van der Waals surface area contributed by atoms with Crippen molar-refractivity contribution in [2.24, 2.45) is 11.7 Å². The smallest absolute Gasteiger partial charge is 0.227 e. The molecule has 18 heavy (non-hydrogen) atoms. The molecule has 3 atom stereocenters. The summed E-state index contributed by atoms with van der Waals surface area (Å²) in [6.07, 6.45) is 3.75. The number of aliphatic hydroxyl groups excluding tert-OH is 1. The molecule has 0 bridgehead atoms. The predicted molar refractivity (Wildman–Crippen MR) is 68.0 cm³/mol. The van der Waals surface area contributed by atoms with E-state index in [9.17, 15) is 4.79 Å². The minimum Gasteiger partial charge on any atom is -0.394 e. The van der Waals surface area contributed by atoms with Crippen LogP contribution in [-0.2, 0) is 9.53 Å². The summed E-state index contributed by atoms with van der Waals surface area (Å²) in [6.45, 7) is 3.56. The Morgan fingerprint density at radius 2 is 2.33 bits per heavy atom. The molecule has 0 aromatic carbocycles. The lowest BCUT2D eigenvalue weighted by Crippen LogP contribution is -2.56. The maximum atomic E-state index is 12.5. The van der Waals surface area contributed by atoms with E-state index in [1.165, 1.54) is 0 Å². The Labute approximate surface area is 108 Å². The van der Waals surface area contributed by atoms with Crippen LogP contribution in [0, 0.1) is 5.92 Å². The second-order valence-electron chi connectivity index (χ2n) is 5.76. The molecule has 0 aromatic heterocycles. The Bertz CT molecular complexity index is 307. The first kappa shape index (κ1) is 13.8. The van der Waals surface area contributed by atoms with Gasteiger partial charge in [0.1, 0.15) is 0 Å². The van der Waals surface area contributed by atoms with Crippen molar-refractivity contribution < 1.29 is 14.6 Å². The van der Waals surface area contributed by atoms with Gasteiger partial charge in [-0.3, -0.25) is 4.79 Å². The zero-order valence-electron chi connectivity index (χ0n) is 11.1. The third-order valence-corrected chi connectivity index (χ3v) is 4.21. The number of hydrogen-bond donors (Lipinski definition) is 2. The molecule has 1 aliphatic carbocycles. The molecule has 1 saturated heterocycles. The van der Waals surface area contributed by atoms with E-state index in [1.807, 2.05) is 11.8 Å². The summed E-state index contributed by atoms with van der Waals surface area (Å²) in [7, 11) is 0. The standard InChI is InChI=1S/C13H24N2O3/c1-13(14)5-3-2-4-11(13)12(17)15-6-7-18-10(8-15)9-16/h10-11,16H,2-9,14H2,1H3. The van der Waals surface area contributed by atoms with Gasteiger partial charge in [0.05, 0.1) is 25.2 Å². The van der Waals surface area contributed by atoms with Gasteiger partial charge >= 0.3 is 0 Å². The highest BCUT2D eigenvalue weighted by Crippen LogP contribution is 2.33. The van der Waals surface area contributed by atoms with E-state index in [0.29, 0.717) is 19.7 Å². The summed E-state index contributed by atoms with van der Waals surface area (Å²) < 4.78 is 5.37. The van der Waals surface area contributed by atoms with E-state index in [4.69, 9.17) is 15.6 Å². The fraction of sp³-hybridized carbons (Fsp3) is 0.923. The Balaban J connectivity index is 2.01. The Hall–Kier alpha value is -0.650. The quantitative estimate of drug-likeness (QED) is 0.735. The second kappa shape index (κ2) is 5.55. The first-order chi connectivity index (χ1) is 8.54. The van der Waals surface area contributed by atoms with E-state index in [0.717, 1.165) is 25.7 Å². The van der Waals surface area contributed by atoms with Crippen LogP contribution in [0.3, 0.4) is 0 Å². The zero-order valence-corrected chi connectivity index (χ0v) is 11.1. The summed E-state index contributed by atoms with van der Waals surface area (Å²) >= 11 is 0. The zero-order chi connectivity index (χ0) is 13.2. The highest BCUT2D eigenvalue weighted by molar-refractivity contribution is 5.80. The van der Waals surface area contributed by atoms with Crippen LogP contribution in [0.15, 0.2) is 0 Å². The largest absolute Gasteiger partial charge is 0.394 e. The Morgan fingerprint density at radius 1 is 1.56 bits per heavy atom. The number of nitrogens with two attached hydrogens (primary N) is 1. The molecule has 0 spiro atoms. The molecule has 0 aromatic rings. The molecule has 3 N–H and O–H groups in total. The number of amides is 1. The van der Waals surface area contributed by atoms with Gasteiger partial charge in [-0.15, -0.1) is 0 Å². The minimum atomic E-state index is -0.387. The average Bonchev–Trinajstić information content (AvgIpc) is 2.37. The third kappa shape index (κ3) is 2.84. The predicted octanol–water partition coefficient (Wildman–Crippen LogP) is 0.114. The van der Waals surface area contributed by atoms with E-state index in [2.05, 4.69) is 0 Å². The lowest BCUT2D eigenvalue weighted by molar-refractivity contribution is -0.147. The van der Waals surface area contributed by atoms with Crippen molar-refractivity contribution in [1.82, 2.24) is 4.90 Å². The number of carbonyl (C=O) groups excluding carboxylic acids is 1. The molecule has 1 aliphatic heterocycles. The molecule has 1 saturated carbocycles. The molecular weight excluding hydrogens is 232 g/mol. The van der Waals surface area contributed by atoms with Crippen LogP contribution in [0.5, 0.6) is 0 Å². The summed E-state index contributed by atoms with van der Waals surface area (Å²) in [4.78, 5) is 14.3. The average molecular weight is 256 g/mol. The van der Waals surface area contributed by atoms with Gasteiger partial charge in [-0.2, -0.15) is 0 Å². The van der Waals surface area contributed by atoms with Crippen LogP contribution in [0.2, 0.25) is 0 Å². The van der Waals surface area contributed by atoms with Gasteiger partial charge in [0.15, 0.2) is 0 Å². The molecule has 2 fully saturated rings. The van der Waals surface area contributed by atoms with Gasteiger partial charge < -0.3 is 20.5 Å². The van der Waals surface area contributed by atoms with Crippen molar-refractivity contribution in [3.05, 3.63) is 0 Å². The summed E-state index contributed by atoms with van der Waals surface area (Å²) in [5.41, 5.74) is 5.88. The van der Waals surface area contributed by atoms with E-state index in [1.54, 1.807) is 0 Å². The fourth-order valence-electron chi connectivity index (χ4n) is 3.01. The van der Waals surface area contributed by atoms with Crippen LogP contribution in [-0.4, -0.2) is 53.9 Å². The summed E-state index contributed by atoms with van der Waals surface area (Å²) in [5.74, 6) is 0.0603. The number of hydrogen-bond acceptors (Lipinski definition) is 4. The van der Waals surface area contributed by atoms with Crippen molar-refractivity contribution in [2.45, 2.75) is 44.2 Å². The SMILES string of the molecule is CC1(N)CCCCC1C(=O)N1CCOC(CO)C1. The molecule has 1 amide bonds. The Kier molecular flexibility index (Phi) is 4.25. The molecule has 3 unspecified atom stereocenters. The second-order valence-corrected chi connectivity index (χ2v) is 5.76. The minimum absolute atomic E-state index is 0.0334. The van der Waals surface area contributed by atoms with Crippen molar-refractivity contribution >= 4 is 5.91 Å². The lowest BCUT2D eigenvalue weighted by Gasteiger charge is -2.41. The topological polar surface area (TPSA) is 75.8 Å². The molecular formula is C13H24N2O3. The molecule has 2 rings (SSSR count). The number of rotatable bonds is 2. The Morgan fingerprint density at radius 3 is 3.00 bits per heavy atom. The number of aliphatic hydroxyl groups is 1. The van der Waals surface area contributed by atoms with Crippen LogP contribution >= 0.6 is 0 Å². The van der Waals surface area contributed by atoms with Crippen LogP contribution < -0.4 is 5.73 Å². The van der Waals surface area contributed by atoms with Crippen molar-refractivity contribution in [3.8, 4) is 0 Å². The number of morpholine rings is 1. The first-order valence-electron chi connectivity index (χ1n) is 6.85. The third-order valence-electron chi connectivity index (χ3n) is 4.21. The van der Waals surface area contributed by atoms with E-state index < -0.39 is 0 Å². The number of nitrogens with zero attached hydrogens (tertiary/aromatic N) is 1. The molecule has 104 valence electrons. The van der Waals surface area contributed by atoms with Crippen molar-refractivity contribution in [1.29, 1.82) is 0 Å². The van der Waals surface area contributed by atoms with Gasteiger partial charge in [-0.1, -0.05) is 12.8 Å². The summed E-state index contributed by atoms with van der Waals surface area (Å²) in [5, 5.41) is 9.12. The number of carbonyl (C=O) groups is 1. The maximum absolute atomic E-state index is 12.5. The highest BCUT2D eigenvalue weighted by atomic mass is 16.5. The normalized spacial score (nSPS) is 37.6. The summed E-state index contributed by atoms with van der Waals surface area (Å²) in [6, 6.07) is 0. The first-order valence-corrected chi connectivity index (χ1v) is 6.85. The van der Waals surface area contributed by atoms with Gasteiger partial charge in [-0.05, 0) is 19.8 Å². The van der Waals surface area contributed by atoms with Crippen LogP contribution in [0.25, 0.3) is 0 Å². The number of ether oxygens (including phenoxy) is 1. The van der Waals surface area contributed by atoms with E-state index in [-0.39, 0.29) is 30.1 Å². The monoisotopic (exact) mass is 256 g/mol. The lowest BCUT2D eigenvalue weighted by atomic mass is 9.74. The van der Waals surface area contributed by atoms with Crippen LogP contribution in [0.4, 0.5) is 0 Å². The fourth-order valence-corrected chi connectivity index (χ4v) is 3.01. The highest BCUT2D eigenvalue weighted by Gasteiger charge is 2.40. The molecule has 1 heterocycles. The molecule has 0 radical (unpaired) electrons. The maximum Gasteiger partial charge on any atom is 0.227 e. The molecule has 2 aliphatic rings. The van der Waals surface area contributed by atoms with E-state index >= 15 is 0 Å². The molecule has 5 heteroatoms. The van der Waals surface area contributed by atoms with Gasteiger partial charge in [-0.25, -0.2) is 0 Å². The molecule has 5 nitrogen and oxygen atoms in total.